The van der Waals surface area contributed by atoms with Crippen LogP contribution in [-0.2, 0) is 11.8 Å². The monoisotopic (exact) mass is 220 g/mol. The van der Waals surface area contributed by atoms with Gasteiger partial charge in [-0.25, -0.2) is 0 Å². The quantitative estimate of drug-likeness (QED) is 0.831. The van der Waals surface area contributed by atoms with Gasteiger partial charge in [-0.05, 0) is 18.6 Å². The van der Waals surface area contributed by atoms with Gasteiger partial charge in [0.15, 0.2) is 0 Å². The van der Waals surface area contributed by atoms with Crippen molar-refractivity contribution in [2.75, 3.05) is 7.05 Å². The minimum absolute atomic E-state index is 0.0694. The molecule has 16 heavy (non-hydrogen) atoms. The first kappa shape index (κ1) is 12.7. The van der Waals surface area contributed by atoms with E-state index in [0.29, 0.717) is 5.56 Å². The highest BCUT2D eigenvalue weighted by Gasteiger charge is 2.23. The molecule has 1 N–H and O–H groups in total. The standard InChI is InChI=1S/C13H20N2O/c1-6-9-7-8-10(12(16)14-5)11(15-9)13(2,3)4/h7-8H,6H2,1-5H3,(H,14,16). The number of hydrogen-bond donors (Lipinski definition) is 1. The number of hydrogen-bond acceptors (Lipinski definition) is 2. The van der Waals surface area contributed by atoms with Crippen molar-refractivity contribution in [3.8, 4) is 0 Å². The molecule has 88 valence electrons. The molecule has 0 radical (unpaired) electrons. The molecule has 0 spiro atoms. The van der Waals surface area contributed by atoms with E-state index < -0.39 is 0 Å². The van der Waals surface area contributed by atoms with Gasteiger partial charge in [0.2, 0.25) is 0 Å². The van der Waals surface area contributed by atoms with Crippen LogP contribution in [0.1, 0.15) is 49.4 Å². The van der Waals surface area contributed by atoms with E-state index in [4.69, 9.17) is 0 Å². The van der Waals surface area contributed by atoms with Crippen molar-refractivity contribution in [3.05, 3.63) is 29.1 Å². The lowest BCUT2D eigenvalue weighted by Crippen LogP contribution is -2.25. The zero-order chi connectivity index (χ0) is 12.3. The molecule has 0 aliphatic rings. The lowest BCUT2D eigenvalue weighted by atomic mass is 9.87. The van der Waals surface area contributed by atoms with Crippen LogP contribution in [0.15, 0.2) is 12.1 Å². The molecule has 1 aromatic rings. The zero-order valence-corrected chi connectivity index (χ0v) is 10.7. The Morgan fingerprint density at radius 3 is 2.44 bits per heavy atom. The molecule has 1 aromatic heterocycles. The second kappa shape index (κ2) is 4.64. The second-order valence-electron chi connectivity index (χ2n) is 4.88. The van der Waals surface area contributed by atoms with Crippen LogP contribution >= 0.6 is 0 Å². The van der Waals surface area contributed by atoms with E-state index >= 15 is 0 Å². The predicted octanol–water partition coefficient (Wildman–Crippen LogP) is 2.30. The molecule has 0 unspecified atom stereocenters. The van der Waals surface area contributed by atoms with E-state index in [9.17, 15) is 4.79 Å². The Bertz CT molecular complexity index is 391. The molecule has 0 fully saturated rings. The summed E-state index contributed by atoms with van der Waals surface area (Å²) >= 11 is 0. The summed E-state index contributed by atoms with van der Waals surface area (Å²) in [6, 6.07) is 3.78. The third-order valence-corrected chi connectivity index (χ3v) is 2.50. The normalized spacial score (nSPS) is 11.3. The number of carbonyl (C=O) groups is 1. The molecule has 1 heterocycles. The van der Waals surface area contributed by atoms with E-state index in [1.165, 1.54) is 0 Å². The van der Waals surface area contributed by atoms with Crippen molar-refractivity contribution in [1.82, 2.24) is 10.3 Å². The number of nitrogens with one attached hydrogen (secondary N) is 1. The van der Waals surface area contributed by atoms with Gasteiger partial charge >= 0.3 is 0 Å². The Balaban J connectivity index is 3.33. The minimum Gasteiger partial charge on any atom is -0.355 e. The van der Waals surface area contributed by atoms with Gasteiger partial charge in [-0.2, -0.15) is 0 Å². The lowest BCUT2D eigenvalue weighted by Gasteiger charge is -2.21. The van der Waals surface area contributed by atoms with Gasteiger partial charge < -0.3 is 5.32 Å². The van der Waals surface area contributed by atoms with Crippen molar-refractivity contribution in [2.45, 2.75) is 39.5 Å². The first-order chi connectivity index (χ1) is 7.40. The van der Waals surface area contributed by atoms with Crippen LogP contribution in [0.25, 0.3) is 0 Å². The summed E-state index contributed by atoms with van der Waals surface area (Å²) in [6.45, 7) is 8.28. The summed E-state index contributed by atoms with van der Waals surface area (Å²) < 4.78 is 0. The molecular weight excluding hydrogens is 200 g/mol. The molecule has 1 rings (SSSR count). The van der Waals surface area contributed by atoms with E-state index in [1.54, 1.807) is 7.05 Å². The summed E-state index contributed by atoms with van der Waals surface area (Å²) in [5, 5.41) is 2.65. The molecule has 0 aliphatic carbocycles. The largest absolute Gasteiger partial charge is 0.355 e. The Morgan fingerprint density at radius 2 is 2.00 bits per heavy atom. The molecule has 0 aromatic carbocycles. The minimum atomic E-state index is -0.118. The summed E-state index contributed by atoms with van der Waals surface area (Å²) in [6.07, 6.45) is 0.886. The summed E-state index contributed by atoms with van der Waals surface area (Å²) in [4.78, 5) is 16.3. The van der Waals surface area contributed by atoms with Gasteiger partial charge in [-0.15, -0.1) is 0 Å². The lowest BCUT2D eigenvalue weighted by molar-refractivity contribution is 0.0960. The van der Waals surface area contributed by atoms with E-state index in [1.807, 2.05) is 12.1 Å². The van der Waals surface area contributed by atoms with E-state index in [-0.39, 0.29) is 11.3 Å². The van der Waals surface area contributed by atoms with Crippen molar-refractivity contribution < 1.29 is 4.79 Å². The van der Waals surface area contributed by atoms with Crippen molar-refractivity contribution in [2.24, 2.45) is 0 Å². The first-order valence-corrected chi connectivity index (χ1v) is 5.62. The summed E-state index contributed by atoms with van der Waals surface area (Å²) in [7, 11) is 1.64. The fourth-order valence-electron chi connectivity index (χ4n) is 1.59. The van der Waals surface area contributed by atoms with Gasteiger partial charge in [-0.1, -0.05) is 27.7 Å². The third kappa shape index (κ3) is 2.60. The maximum absolute atomic E-state index is 11.7. The second-order valence-corrected chi connectivity index (χ2v) is 4.88. The maximum atomic E-state index is 11.7. The van der Waals surface area contributed by atoms with Crippen molar-refractivity contribution >= 4 is 5.91 Å². The van der Waals surface area contributed by atoms with Gasteiger partial charge in [0, 0.05) is 18.2 Å². The van der Waals surface area contributed by atoms with Crippen molar-refractivity contribution in [1.29, 1.82) is 0 Å². The number of pyridine rings is 1. The summed E-state index contributed by atoms with van der Waals surface area (Å²) in [5.74, 6) is -0.0694. The van der Waals surface area contributed by atoms with Gasteiger partial charge in [-0.3, -0.25) is 9.78 Å². The van der Waals surface area contributed by atoms with E-state index in [0.717, 1.165) is 17.8 Å². The predicted molar refractivity (Wildman–Crippen MR) is 65.7 cm³/mol. The van der Waals surface area contributed by atoms with Crippen LogP contribution in [0.4, 0.5) is 0 Å². The zero-order valence-electron chi connectivity index (χ0n) is 10.7. The number of nitrogens with zero attached hydrogens (tertiary/aromatic N) is 1. The number of carbonyl (C=O) groups excluding carboxylic acids is 1. The molecule has 0 saturated carbocycles. The van der Waals surface area contributed by atoms with Crippen LogP contribution in [-0.4, -0.2) is 17.9 Å². The highest BCUT2D eigenvalue weighted by Crippen LogP contribution is 2.24. The first-order valence-electron chi connectivity index (χ1n) is 5.62. The average molecular weight is 220 g/mol. The van der Waals surface area contributed by atoms with E-state index in [2.05, 4.69) is 38.0 Å². The highest BCUT2D eigenvalue weighted by molar-refractivity contribution is 5.95. The molecule has 0 bridgehead atoms. The summed E-state index contributed by atoms with van der Waals surface area (Å²) in [5.41, 5.74) is 2.45. The topological polar surface area (TPSA) is 42.0 Å². The fourth-order valence-corrected chi connectivity index (χ4v) is 1.59. The van der Waals surface area contributed by atoms with Crippen LogP contribution in [0, 0.1) is 0 Å². The SMILES string of the molecule is CCc1ccc(C(=O)NC)c(C(C)(C)C)n1. The van der Waals surface area contributed by atoms with Gasteiger partial charge in [0.25, 0.3) is 5.91 Å². The molecule has 0 atom stereocenters. The average Bonchev–Trinajstić information content (AvgIpc) is 2.26. The Morgan fingerprint density at radius 1 is 1.38 bits per heavy atom. The number of rotatable bonds is 2. The third-order valence-electron chi connectivity index (χ3n) is 2.50. The molecule has 1 amide bonds. The van der Waals surface area contributed by atoms with Crippen molar-refractivity contribution in [3.63, 3.8) is 0 Å². The molecule has 3 heteroatoms. The van der Waals surface area contributed by atoms with Gasteiger partial charge in [0.05, 0.1) is 11.3 Å². The highest BCUT2D eigenvalue weighted by atomic mass is 16.1. The molecule has 0 saturated heterocycles. The smallest absolute Gasteiger partial charge is 0.252 e. The number of aromatic nitrogens is 1. The van der Waals surface area contributed by atoms with Crippen LogP contribution in [0.2, 0.25) is 0 Å². The maximum Gasteiger partial charge on any atom is 0.252 e. The Labute approximate surface area is 97.3 Å². The molecule has 3 nitrogen and oxygen atoms in total. The van der Waals surface area contributed by atoms with Gasteiger partial charge in [0.1, 0.15) is 0 Å². The Kier molecular flexibility index (Phi) is 3.68. The van der Waals surface area contributed by atoms with Crippen LogP contribution < -0.4 is 5.32 Å². The molecule has 0 aliphatic heterocycles. The van der Waals surface area contributed by atoms with Crippen LogP contribution in [0.3, 0.4) is 0 Å². The molecular formula is C13H20N2O. The Hall–Kier alpha value is -1.38. The number of amides is 1. The fraction of sp³-hybridized carbons (Fsp3) is 0.538. The number of aryl methyl sites for hydroxylation is 1. The van der Waals surface area contributed by atoms with Crippen LogP contribution in [0.5, 0.6) is 0 Å².